The molecule has 7 nitrogen and oxygen atoms in total. The van der Waals surface area contributed by atoms with Crippen LogP contribution in [0.4, 0.5) is 5.69 Å². The molecule has 160 valence electrons. The van der Waals surface area contributed by atoms with Gasteiger partial charge in [0.05, 0.1) is 10.5 Å². The maximum atomic E-state index is 12.4. The predicted octanol–water partition coefficient (Wildman–Crippen LogP) is 3.27. The van der Waals surface area contributed by atoms with Crippen LogP contribution in [-0.4, -0.2) is 26.9 Å². The molecule has 2 N–H and O–H groups in total. The number of aryl methyl sites for hydroxylation is 1. The van der Waals surface area contributed by atoms with Gasteiger partial charge in [-0.05, 0) is 48.4 Å². The van der Waals surface area contributed by atoms with Gasteiger partial charge in [0.2, 0.25) is 0 Å². The van der Waals surface area contributed by atoms with Gasteiger partial charge in [0, 0.05) is 12.2 Å². The second-order valence-electron chi connectivity index (χ2n) is 6.78. The van der Waals surface area contributed by atoms with Crippen LogP contribution in [-0.2, 0) is 26.1 Å². The molecule has 3 rings (SSSR count). The maximum Gasteiger partial charge on any atom is 0.338 e. The molecule has 3 aromatic rings. The Morgan fingerprint density at radius 2 is 1.61 bits per heavy atom. The molecule has 8 heteroatoms. The zero-order valence-electron chi connectivity index (χ0n) is 16.9. The third kappa shape index (κ3) is 6.16. The smallest absolute Gasteiger partial charge is 0.338 e. The summed E-state index contributed by atoms with van der Waals surface area (Å²) in [5, 5.41) is 2.70. The van der Waals surface area contributed by atoms with Gasteiger partial charge >= 0.3 is 5.97 Å². The van der Waals surface area contributed by atoms with Gasteiger partial charge in [-0.2, -0.15) is 0 Å². The molecule has 0 aromatic heterocycles. The van der Waals surface area contributed by atoms with Crippen LogP contribution in [0, 0.1) is 6.92 Å². The van der Waals surface area contributed by atoms with Crippen molar-refractivity contribution in [2.75, 3.05) is 11.3 Å². The molecular weight excluding hydrogens is 416 g/mol. The van der Waals surface area contributed by atoms with Gasteiger partial charge in [0.1, 0.15) is 0 Å². The number of benzene rings is 3. The van der Waals surface area contributed by atoms with E-state index >= 15 is 0 Å². The Hall–Kier alpha value is -3.65. The average molecular weight is 439 g/mol. The molecule has 3 aromatic carbocycles. The first-order valence-corrected chi connectivity index (χ1v) is 11.0. The lowest BCUT2D eigenvalue weighted by Crippen LogP contribution is -2.28. The Bertz CT molecular complexity index is 1180. The molecule has 0 fully saturated rings. The van der Waals surface area contributed by atoms with E-state index in [1.807, 2.05) is 31.2 Å². The Morgan fingerprint density at radius 1 is 0.903 bits per heavy atom. The lowest BCUT2D eigenvalue weighted by Gasteiger charge is -2.10. The number of ether oxygens (including phenoxy) is 1. The van der Waals surface area contributed by atoms with Crippen LogP contribution >= 0.6 is 0 Å². The van der Waals surface area contributed by atoms with Crippen molar-refractivity contribution in [3.8, 4) is 0 Å². The topological polar surface area (TPSA) is 102 Å². The van der Waals surface area contributed by atoms with Crippen molar-refractivity contribution in [2.24, 2.45) is 0 Å². The largest absolute Gasteiger partial charge is 0.452 e. The van der Waals surface area contributed by atoms with Crippen molar-refractivity contribution < 1.29 is 22.7 Å². The number of esters is 1. The fourth-order valence-corrected chi connectivity index (χ4v) is 3.86. The number of hydrogen-bond donors (Lipinski definition) is 2. The Balaban J connectivity index is 1.56. The van der Waals surface area contributed by atoms with E-state index in [0.29, 0.717) is 6.54 Å². The molecule has 0 unspecified atom stereocenters. The summed E-state index contributed by atoms with van der Waals surface area (Å²) < 4.78 is 32.3. The van der Waals surface area contributed by atoms with E-state index in [2.05, 4.69) is 10.0 Å². The van der Waals surface area contributed by atoms with Crippen LogP contribution in [0.1, 0.15) is 21.5 Å². The first-order chi connectivity index (χ1) is 14.8. The van der Waals surface area contributed by atoms with Crippen LogP contribution in [0.2, 0.25) is 0 Å². The van der Waals surface area contributed by atoms with Gasteiger partial charge in [-0.25, -0.2) is 13.2 Å². The number of nitrogens with one attached hydrogen (secondary N) is 2. The summed E-state index contributed by atoms with van der Waals surface area (Å²) in [4.78, 5) is 24.4. The molecule has 0 spiro atoms. The summed E-state index contributed by atoms with van der Waals surface area (Å²) in [6.45, 7) is 1.84. The normalized spacial score (nSPS) is 10.9. The average Bonchev–Trinajstić information content (AvgIpc) is 2.77. The van der Waals surface area contributed by atoms with E-state index in [0.717, 1.165) is 11.1 Å². The van der Waals surface area contributed by atoms with Crippen molar-refractivity contribution in [3.05, 3.63) is 95.6 Å². The second kappa shape index (κ2) is 9.90. The third-order valence-electron chi connectivity index (χ3n) is 4.48. The summed E-state index contributed by atoms with van der Waals surface area (Å²) >= 11 is 0. The van der Waals surface area contributed by atoms with Gasteiger partial charge in [-0.1, -0.05) is 48.5 Å². The van der Waals surface area contributed by atoms with Crippen molar-refractivity contribution in [3.63, 3.8) is 0 Å². The van der Waals surface area contributed by atoms with Crippen LogP contribution in [0.5, 0.6) is 0 Å². The van der Waals surface area contributed by atoms with E-state index < -0.39 is 28.5 Å². The van der Waals surface area contributed by atoms with Crippen LogP contribution in [0.3, 0.4) is 0 Å². The molecule has 0 saturated heterocycles. The van der Waals surface area contributed by atoms with Gasteiger partial charge < -0.3 is 10.1 Å². The number of amides is 1. The van der Waals surface area contributed by atoms with Crippen molar-refractivity contribution in [1.29, 1.82) is 0 Å². The number of sulfonamides is 1. The Morgan fingerprint density at radius 3 is 2.35 bits per heavy atom. The second-order valence-corrected chi connectivity index (χ2v) is 8.46. The summed E-state index contributed by atoms with van der Waals surface area (Å²) in [6, 6.07) is 21.4. The number of hydrogen-bond acceptors (Lipinski definition) is 5. The highest BCUT2D eigenvalue weighted by molar-refractivity contribution is 7.92. The molecule has 0 radical (unpaired) electrons. The molecule has 31 heavy (non-hydrogen) atoms. The van der Waals surface area contributed by atoms with E-state index in [1.165, 1.54) is 36.4 Å². The zero-order chi connectivity index (χ0) is 22.3. The highest BCUT2D eigenvalue weighted by Crippen LogP contribution is 2.17. The number of carbonyl (C=O) groups is 2. The Labute approximate surface area is 181 Å². The fourth-order valence-electron chi connectivity index (χ4n) is 2.79. The third-order valence-corrected chi connectivity index (χ3v) is 5.87. The minimum Gasteiger partial charge on any atom is -0.452 e. The quantitative estimate of drug-likeness (QED) is 0.526. The summed E-state index contributed by atoms with van der Waals surface area (Å²) in [5.41, 5.74) is 2.36. The van der Waals surface area contributed by atoms with Gasteiger partial charge in [0.25, 0.3) is 15.9 Å². The molecule has 1 amide bonds. The van der Waals surface area contributed by atoms with Gasteiger partial charge in [-0.15, -0.1) is 0 Å². The minimum absolute atomic E-state index is 0.105. The highest BCUT2D eigenvalue weighted by atomic mass is 32.2. The highest BCUT2D eigenvalue weighted by Gasteiger charge is 2.15. The van der Waals surface area contributed by atoms with E-state index in [9.17, 15) is 18.0 Å². The number of anilines is 1. The number of carbonyl (C=O) groups excluding carboxylic acids is 2. The van der Waals surface area contributed by atoms with Crippen molar-refractivity contribution >= 4 is 27.6 Å². The number of rotatable bonds is 8. The molecule has 0 aliphatic carbocycles. The lowest BCUT2D eigenvalue weighted by molar-refractivity contribution is -0.124. The standard InChI is InChI=1S/C23H22N2O5S/c1-17-8-5-6-9-19(17)15-24-22(26)16-30-23(27)18-10-7-11-20(14-18)25-31(28,29)21-12-3-2-4-13-21/h2-14,25H,15-16H2,1H3,(H,24,26). The monoisotopic (exact) mass is 438 g/mol. The zero-order valence-corrected chi connectivity index (χ0v) is 17.7. The van der Waals surface area contributed by atoms with Crippen molar-refractivity contribution in [1.82, 2.24) is 5.32 Å². The predicted molar refractivity (Wildman–Crippen MR) is 117 cm³/mol. The molecule has 0 saturated carbocycles. The fraction of sp³-hybridized carbons (Fsp3) is 0.130. The van der Waals surface area contributed by atoms with Gasteiger partial charge in [0.15, 0.2) is 6.61 Å². The Kier molecular flexibility index (Phi) is 7.04. The molecule has 0 heterocycles. The van der Waals surface area contributed by atoms with E-state index in [1.54, 1.807) is 18.2 Å². The maximum absolute atomic E-state index is 12.4. The first-order valence-electron chi connectivity index (χ1n) is 9.51. The van der Waals surface area contributed by atoms with Gasteiger partial charge in [-0.3, -0.25) is 9.52 Å². The minimum atomic E-state index is -3.79. The summed E-state index contributed by atoms with van der Waals surface area (Å²) in [6.07, 6.45) is 0. The molecule has 0 aliphatic heterocycles. The molecule has 0 atom stereocenters. The molecular formula is C23H22N2O5S. The molecule has 0 aliphatic rings. The summed E-state index contributed by atoms with van der Waals surface area (Å²) in [7, 11) is -3.79. The van der Waals surface area contributed by atoms with Crippen molar-refractivity contribution in [2.45, 2.75) is 18.4 Å². The SMILES string of the molecule is Cc1ccccc1CNC(=O)COC(=O)c1cccc(NS(=O)(=O)c2ccccc2)c1. The van der Waals surface area contributed by atoms with Crippen LogP contribution in [0.15, 0.2) is 83.8 Å². The lowest BCUT2D eigenvalue weighted by atomic mass is 10.1. The molecule has 0 bridgehead atoms. The summed E-state index contributed by atoms with van der Waals surface area (Å²) in [5.74, 6) is -1.16. The van der Waals surface area contributed by atoms with E-state index in [-0.39, 0.29) is 16.1 Å². The van der Waals surface area contributed by atoms with Crippen LogP contribution in [0.25, 0.3) is 0 Å². The van der Waals surface area contributed by atoms with E-state index in [4.69, 9.17) is 4.74 Å². The van der Waals surface area contributed by atoms with Crippen LogP contribution < -0.4 is 10.0 Å². The first kappa shape index (κ1) is 22.0.